The molecule has 0 aliphatic carbocycles. The number of nitrogens with one attached hydrogen (secondary N) is 3. The fourth-order valence-corrected chi connectivity index (χ4v) is 2.05. The van der Waals surface area contributed by atoms with Crippen molar-refractivity contribution in [2.24, 2.45) is 0 Å². The molecule has 0 aromatic heterocycles. The van der Waals surface area contributed by atoms with Crippen LogP contribution in [-0.4, -0.2) is 23.5 Å². The standard InChI is InChI=1S/C18H19N3O3S/c1-2-12-24-15-10-8-14(9-11-15)16(22)19-18(25)21-20-17(23)13-6-4-3-5-7-13/h3-11H,2,12H2,1H3,(H,20,23)(H2,19,21,22,25). The molecular formula is C18H19N3O3S. The highest BCUT2D eigenvalue weighted by molar-refractivity contribution is 7.80. The molecule has 0 unspecified atom stereocenters. The van der Waals surface area contributed by atoms with Crippen LogP contribution in [0, 0.1) is 0 Å². The molecule has 130 valence electrons. The molecule has 0 aliphatic heterocycles. The molecule has 2 aromatic carbocycles. The van der Waals surface area contributed by atoms with Crippen molar-refractivity contribution in [1.29, 1.82) is 0 Å². The van der Waals surface area contributed by atoms with Gasteiger partial charge in [-0.05, 0) is 55.0 Å². The van der Waals surface area contributed by atoms with Crippen molar-refractivity contribution in [3.05, 3.63) is 65.7 Å². The fourth-order valence-electron chi connectivity index (χ4n) is 1.90. The molecule has 3 N–H and O–H groups in total. The molecule has 2 amide bonds. The van der Waals surface area contributed by atoms with E-state index in [-0.39, 0.29) is 16.9 Å². The van der Waals surface area contributed by atoms with Gasteiger partial charge in [-0.2, -0.15) is 0 Å². The second kappa shape index (κ2) is 9.39. The number of carbonyl (C=O) groups excluding carboxylic acids is 2. The van der Waals surface area contributed by atoms with Gasteiger partial charge in [0.05, 0.1) is 6.61 Å². The molecule has 6 nitrogen and oxygen atoms in total. The Bertz CT molecular complexity index is 733. The number of hydrazine groups is 1. The molecule has 0 atom stereocenters. The lowest BCUT2D eigenvalue weighted by molar-refractivity contribution is 0.0934. The summed E-state index contributed by atoms with van der Waals surface area (Å²) < 4.78 is 5.46. The van der Waals surface area contributed by atoms with E-state index in [9.17, 15) is 9.59 Å². The van der Waals surface area contributed by atoms with Crippen LogP contribution in [0.5, 0.6) is 5.75 Å². The van der Waals surface area contributed by atoms with Gasteiger partial charge in [0.15, 0.2) is 5.11 Å². The zero-order valence-corrected chi connectivity index (χ0v) is 14.6. The molecule has 2 aromatic rings. The van der Waals surface area contributed by atoms with E-state index in [2.05, 4.69) is 16.2 Å². The summed E-state index contributed by atoms with van der Waals surface area (Å²) in [5.74, 6) is -0.0302. The van der Waals surface area contributed by atoms with Gasteiger partial charge in [-0.3, -0.25) is 25.8 Å². The van der Waals surface area contributed by atoms with E-state index < -0.39 is 0 Å². The molecule has 2 rings (SSSR count). The van der Waals surface area contributed by atoms with E-state index >= 15 is 0 Å². The number of amides is 2. The molecule has 7 heteroatoms. The second-order valence-electron chi connectivity index (χ2n) is 5.10. The van der Waals surface area contributed by atoms with Gasteiger partial charge >= 0.3 is 0 Å². The van der Waals surface area contributed by atoms with E-state index in [1.54, 1.807) is 48.5 Å². The Kier molecular flexibility index (Phi) is 6.91. The molecule has 0 aliphatic rings. The first-order chi connectivity index (χ1) is 12.1. The van der Waals surface area contributed by atoms with E-state index in [4.69, 9.17) is 17.0 Å². The highest BCUT2D eigenvalue weighted by atomic mass is 32.1. The molecule has 0 spiro atoms. The highest BCUT2D eigenvalue weighted by Crippen LogP contribution is 2.12. The highest BCUT2D eigenvalue weighted by Gasteiger charge is 2.09. The number of hydrogen-bond donors (Lipinski definition) is 3. The Labute approximate surface area is 151 Å². The molecule has 0 saturated heterocycles. The smallest absolute Gasteiger partial charge is 0.269 e. The average Bonchev–Trinajstić information content (AvgIpc) is 2.65. The summed E-state index contributed by atoms with van der Waals surface area (Å²) in [5.41, 5.74) is 5.83. The molecular weight excluding hydrogens is 338 g/mol. The normalized spacial score (nSPS) is 9.80. The third-order valence-corrected chi connectivity index (χ3v) is 3.35. The number of benzene rings is 2. The van der Waals surface area contributed by atoms with Gasteiger partial charge in [0.2, 0.25) is 0 Å². The van der Waals surface area contributed by atoms with Crippen molar-refractivity contribution < 1.29 is 14.3 Å². The van der Waals surface area contributed by atoms with Crippen molar-refractivity contribution >= 4 is 29.1 Å². The van der Waals surface area contributed by atoms with Gasteiger partial charge < -0.3 is 4.74 Å². The van der Waals surface area contributed by atoms with Gasteiger partial charge in [-0.25, -0.2) is 0 Å². The van der Waals surface area contributed by atoms with Crippen molar-refractivity contribution in [2.75, 3.05) is 6.61 Å². The van der Waals surface area contributed by atoms with Gasteiger partial charge in [-0.1, -0.05) is 25.1 Å². The Hall–Kier alpha value is -2.93. The van der Waals surface area contributed by atoms with E-state index in [0.717, 1.165) is 6.42 Å². The van der Waals surface area contributed by atoms with Crippen LogP contribution in [0.25, 0.3) is 0 Å². The predicted octanol–water partition coefficient (Wildman–Crippen LogP) is 2.42. The molecule has 0 saturated carbocycles. The summed E-state index contributed by atoms with van der Waals surface area (Å²) in [5, 5.41) is 2.49. The molecule has 0 bridgehead atoms. The molecule has 0 fully saturated rings. The van der Waals surface area contributed by atoms with Gasteiger partial charge in [-0.15, -0.1) is 0 Å². The Morgan fingerprint density at radius 1 is 0.920 bits per heavy atom. The van der Waals surface area contributed by atoms with Crippen LogP contribution in [0.1, 0.15) is 34.1 Å². The summed E-state index contributed by atoms with van der Waals surface area (Å²) >= 11 is 5.00. The van der Waals surface area contributed by atoms with Crippen molar-refractivity contribution in [3.8, 4) is 5.75 Å². The van der Waals surface area contributed by atoms with Gasteiger partial charge in [0, 0.05) is 11.1 Å². The van der Waals surface area contributed by atoms with Crippen LogP contribution in [0.3, 0.4) is 0 Å². The topological polar surface area (TPSA) is 79.5 Å². The Balaban J connectivity index is 1.81. The van der Waals surface area contributed by atoms with Gasteiger partial charge in [0.25, 0.3) is 11.8 Å². The minimum absolute atomic E-state index is 0.000547. The largest absolute Gasteiger partial charge is 0.494 e. The molecule has 0 radical (unpaired) electrons. The summed E-state index contributed by atoms with van der Waals surface area (Å²) in [6, 6.07) is 15.4. The maximum Gasteiger partial charge on any atom is 0.269 e. The third-order valence-electron chi connectivity index (χ3n) is 3.14. The van der Waals surface area contributed by atoms with E-state index in [1.807, 2.05) is 13.0 Å². The zero-order chi connectivity index (χ0) is 18.1. The lowest BCUT2D eigenvalue weighted by Crippen LogP contribution is -2.48. The van der Waals surface area contributed by atoms with Crippen LogP contribution in [0.4, 0.5) is 0 Å². The predicted molar refractivity (Wildman–Crippen MR) is 99.3 cm³/mol. The van der Waals surface area contributed by atoms with Crippen LogP contribution < -0.4 is 20.9 Å². The number of carbonyl (C=O) groups is 2. The minimum atomic E-state index is -0.381. The van der Waals surface area contributed by atoms with Crippen LogP contribution in [0.15, 0.2) is 54.6 Å². The minimum Gasteiger partial charge on any atom is -0.494 e. The average molecular weight is 357 g/mol. The van der Waals surface area contributed by atoms with Crippen LogP contribution in [-0.2, 0) is 0 Å². The Morgan fingerprint density at radius 2 is 1.56 bits per heavy atom. The summed E-state index contributed by atoms with van der Waals surface area (Å²) in [4.78, 5) is 24.0. The van der Waals surface area contributed by atoms with E-state index in [0.29, 0.717) is 23.5 Å². The molecule has 25 heavy (non-hydrogen) atoms. The quantitative estimate of drug-likeness (QED) is 0.566. The lowest BCUT2D eigenvalue weighted by atomic mass is 10.2. The van der Waals surface area contributed by atoms with Gasteiger partial charge in [0.1, 0.15) is 5.75 Å². The number of hydrogen-bond acceptors (Lipinski definition) is 4. The molecule has 0 heterocycles. The number of thiocarbonyl (C=S) groups is 1. The van der Waals surface area contributed by atoms with Crippen molar-refractivity contribution in [1.82, 2.24) is 16.2 Å². The number of ether oxygens (including phenoxy) is 1. The number of rotatable bonds is 5. The second-order valence-corrected chi connectivity index (χ2v) is 5.51. The van der Waals surface area contributed by atoms with Crippen molar-refractivity contribution in [2.45, 2.75) is 13.3 Å². The SMILES string of the molecule is CCCOc1ccc(C(=O)NC(=S)NNC(=O)c2ccccc2)cc1. The first kappa shape index (κ1) is 18.4. The first-order valence-electron chi connectivity index (χ1n) is 7.79. The monoisotopic (exact) mass is 357 g/mol. The maximum atomic E-state index is 12.1. The lowest BCUT2D eigenvalue weighted by Gasteiger charge is -2.11. The summed E-state index contributed by atoms with van der Waals surface area (Å²) in [6.07, 6.45) is 0.914. The summed E-state index contributed by atoms with van der Waals surface area (Å²) in [7, 11) is 0. The van der Waals surface area contributed by atoms with Crippen LogP contribution >= 0.6 is 12.2 Å². The van der Waals surface area contributed by atoms with Crippen molar-refractivity contribution in [3.63, 3.8) is 0 Å². The van der Waals surface area contributed by atoms with E-state index in [1.165, 1.54) is 0 Å². The summed E-state index contributed by atoms with van der Waals surface area (Å²) in [6.45, 7) is 2.65. The fraction of sp³-hybridized carbons (Fsp3) is 0.167. The zero-order valence-electron chi connectivity index (χ0n) is 13.7. The first-order valence-corrected chi connectivity index (χ1v) is 8.20. The van der Waals surface area contributed by atoms with Crippen LogP contribution in [0.2, 0.25) is 0 Å². The Morgan fingerprint density at radius 3 is 2.20 bits per heavy atom. The maximum absolute atomic E-state index is 12.1. The third kappa shape index (κ3) is 5.89.